The topological polar surface area (TPSA) is 79.2 Å². The Kier molecular flexibility index (Phi) is 8.43. The molecule has 41 heavy (non-hydrogen) atoms. The van der Waals surface area contributed by atoms with Crippen molar-refractivity contribution < 1.29 is 28.5 Å². The lowest BCUT2D eigenvalue weighted by Gasteiger charge is -2.40. The summed E-state index contributed by atoms with van der Waals surface area (Å²) in [7, 11) is 3.09. The predicted molar refractivity (Wildman–Crippen MR) is 157 cm³/mol. The van der Waals surface area contributed by atoms with Crippen molar-refractivity contribution in [1.29, 1.82) is 0 Å². The van der Waals surface area contributed by atoms with Crippen LogP contribution in [-0.2, 0) is 20.8 Å². The summed E-state index contributed by atoms with van der Waals surface area (Å²) in [6.07, 6.45) is 5.91. The molecule has 0 spiro atoms. The third kappa shape index (κ3) is 6.60. The Morgan fingerprint density at radius 3 is 2.39 bits per heavy atom. The largest absolute Gasteiger partial charge is 0.496 e. The van der Waals surface area contributed by atoms with Gasteiger partial charge in [0.1, 0.15) is 11.4 Å². The van der Waals surface area contributed by atoms with Crippen molar-refractivity contribution >= 4 is 23.0 Å². The van der Waals surface area contributed by atoms with E-state index < -0.39 is 11.7 Å². The van der Waals surface area contributed by atoms with Crippen LogP contribution >= 0.6 is 0 Å². The quantitative estimate of drug-likeness (QED) is 0.284. The number of carbonyl (C=O) groups excluding carboxylic acids is 2. The number of carbonyl (C=O) groups is 2. The highest BCUT2D eigenvalue weighted by molar-refractivity contribution is 5.95. The van der Waals surface area contributed by atoms with E-state index in [0.717, 1.165) is 59.3 Å². The predicted octanol–water partition coefficient (Wildman–Crippen LogP) is 6.66. The number of hydrogen-bond acceptors (Lipinski definition) is 7. The summed E-state index contributed by atoms with van der Waals surface area (Å²) in [5.41, 5.74) is 3.87. The first-order valence-electron chi connectivity index (χ1n) is 14.5. The molecule has 0 bridgehead atoms. The monoisotopic (exact) mass is 562 g/mol. The van der Waals surface area contributed by atoms with Crippen molar-refractivity contribution in [3.05, 3.63) is 64.8 Å². The van der Waals surface area contributed by atoms with Crippen LogP contribution in [0.4, 0.5) is 4.79 Å². The Bertz CT molecular complexity index is 1400. The molecule has 0 unspecified atom stereocenters. The van der Waals surface area contributed by atoms with Crippen LogP contribution in [0.15, 0.2) is 42.6 Å². The van der Waals surface area contributed by atoms with Gasteiger partial charge < -0.3 is 18.9 Å². The molecule has 2 aliphatic rings. The van der Waals surface area contributed by atoms with Gasteiger partial charge in [-0.25, -0.2) is 9.59 Å². The van der Waals surface area contributed by atoms with Gasteiger partial charge in [0.2, 0.25) is 0 Å². The molecule has 0 amide bonds. The molecule has 1 saturated carbocycles. The van der Waals surface area contributed by atoms with Crippen LogP contribution in [0.1, 0.15) is 79.5 Å². The number of esters is 1. The number of rotatable bonds is 8. The average Bonchev–Trinajstić information content (AvgIpc) is 3.67. The lowest BCUT2D eigenvalue weighted by atomic mass is 9.91. The lowest BCUT2D eigenvalue weighted by Crippen LogP contribution is -2.39. The smallest absolute Gasteiger partial charge is 0.419 e. The molecule has 2 aromatic carbocycles. The molecule has 8 heteroatoms. The molecule has 0 N–H and O–H groups in total. The number of fused-ring (bicyclic) bond motifs is 1. The maximum absolute atomic E-state index is 13.1. The maximum Gasteiger partial charge on any atom is 0.419 e. The van der Waals surface area contributed by atoms with E-state index in [0.29, 0.717) is 18.0 Å². The van der Waals surface area contributed by atoms with Gasteiger partial charge in [-0.2, -0.15) is 0 Å². The van der Waals surface area contributed by atoms with E-state index in [-0.39, 0.29) is 18.1 Å². The Morgan fingerprint density at radius 1 is 1.02 bits per heavy atom. The summed E-state index contributed by atoms with van der Waals surface area (Å²) in [6.45, 7) is 9.92. The lowest BCUT2D eigenvalue weighted by molar-refractivity contribution is -0.0229. The summed E-state index contributed by atoms with van der Waals surface area (Å²) in [4.78, 5) is 27.6. The van der Waals surface area contributed by atoms with Gasteiger partial charge in [0.05, 0.1) is 31.4 Å². The van der Waals surface area contributed by atoms with Crippen molar-refractivity contribution in [3.8, 4) is 5.75 Å². The van der Waals surface area contributed by atoms with Crippen molar-refractivity contribution in [2.24, 2.45) is 5.92 Å². The van der Waals surface area contributed by atoms with Crippen molar-refractivity contribution in [2.75, 3.05) is 27.4 Å². The first kappa shape index (κ1) is 29.1. The van der Waals surface area contributed by atoms with Crippen LogP contribution < -0.4 is 4.74 Å². The summed E-state index contributed by atoms with van der Waals surface area (Å²) in [5.74, 6) is 1.16. The number of hydrogen-bond donors (Lipinski definition) is 0. The van der Waals surface area contributed by atoms with Crippen molar-refractivity contribution in [3.63, 3.8) is 0 Å². The molecular weight excluding hydrogens is 520 g/mol. The second kappa shape index (κ2) is 11.9. The summed E-state index contributed by atoms with van der Waals surface area (Å²) >= 11 is 0. The fourth-order valence-electron chi connectivity index (χ4n) is 5.76. The van der Waals surface area contributed by atoms with E-state index >= 15 is 0 Å². The van der Waals surface area contributed by atoms with Crippen LogP contribution in [0.25, 0.3) is 10.9 Å². The van der Waals surface area contributed by atoms with Crippen LogP contribution in [0.5, 0.6) is 5.75 Å². The molecule has 220 valence electrons. The van der Waals surface area contributed by atoms with Gasteiger partial charge in [0.25, 0.3) is 0 Å². The zero-order valence-electron chi connectivity index (χ0n) is 25.1. The van der Waals surface area contributed by atoms with Crippen LogP contribution in [0.2, 0.25) is 0 Å². The number of piperidine rings is 1. The molecule has 1 saturated heterocycles. The summed E-state index contributed by atoms with van der Waals surface area (Å²) < 4.78 is 24.4. The van der Waals surface area contributed by atoms with Gasteiger partial charge >= 0.3 is 12.1 Å². The fraction of sp³-hybridized carbons (Fsp3) is 0.515. The highest BCUT2D eigenvalue weighted by Crippen LogP contribution is 2.39. The maximum atomic E-state index is 13.1. The average molecular weight is 563 g/mol. The van der Waals surface area contributed by atoms with E-state index in [4.69, 9.17) is 18.9 Å². The van der Waals surface area contributed by atoms with E-state index in [1.165, 1.54) is 20.0 Å². The number of aryl methyl sites for hydroxylation is 1. The minimum atomic E-state index is -0.598. The minimum Gasteiger partial charge on any atom is -0.496 e. The molecule has 2 fully saturated rings. The number of benzene rings is 2. The van der Waals surface area contributed by atoms with Crippen LogP contribution in [0.3, 0.4) is 0 Å². The normalized spacial score (nSPS) is 19.8. The Labute approximate surface area is 242 Å². The van der Waals surface area contributed by atoms with E-state index in [1.54, 1.807) is 17.9 Å². The highest BCUT2D eigenvalue weighted by Gasteiger charge is 2.33. The van der Waals surface area contributed by atoms with Gasteiger partial charge in [-0.3, -0.25) is 9.47 Å². The van der Waals surface area contributed by atoms with Gasteiger partial charge in [-0.15, -0.1) is 0 Å². The molecule has 2 atom stereocenters. The molecule has 2 heterocycles. The third-order valence-electron chi connectivity index (χ3n) is 8.05. The molecule has 1 aromatic heterocycles. The zero-order valence-corrected chi connectivity index (χ0v) is 25.1. The third-order valence-corrected chi connectivity index (χ3v) is 8.05. The highest BCUT2D eigenvalue weighted by atomic mass is 16.6. The van der Waals surface area contributed by atoms with Gasteiger partial charge in [0.15, 0.2) is 0 Å². The molecule has 1 aliphatic heterocycles. The van der Waals surface area contributed by atoms with Crippen molar-refractivity contribution in [2.45, 2.75) is 77.7 Å². The molecule has 5 rings (SSSR count). The van der Waals surface area contributed by atoms with E-state index in [2.05, 4.69) is 4.90 Å². The number of ether oxygens (including phenoxy) is 4. The molecule has 8 nitrogen and oxygen atoms in total. The van der Waals surface area contributed by atoms with Crippen molar-refractivity contribution in [1.82, 2.24) is 9.47 Å². The van der Waals surface area contributed by atoms with Gasteiger partial charge in [0, 0.05) is 42.9 Å². The van der Waals surface area contributed by atoms with Gasteiger partial charge in [-0.05, 0) is 94.7 Å². The number of aromatic nitrogens is 1. The number of methoxy groups -OCH3 is 2. The van der Waals surface area contributed by atoms with E-state index in [1.807, 2.05) is 64.1 Å². The Hall–Kier alpha value is -3.36. The van der Waals surface area contributed by atoms with Crippen LogP contribution in [-0.4, -0.2) is 60.6 Å². The number of nitrogens with zero attached hydrogens (tertiary/aromatic N) is 2. The number of likely N-dealkylation sites (tertiary alicyclic amines) is 1. The van der Waals surface area contributed by atoms with E-state index in [9.17, 15) is 9.59 Å². The second-order valence-electron chi connectivity index (χ2n) is 12.3. The van der Waals surface area contributed by atoms with Crippen LogP contribution in [0, 0.1) is 12.8 Å². The summed E-state index contributed by atoms with van der Waals surface area (Å²) in [5, 5.41) is 0.972. The second-order valence-corrected chi connectivity index (χ2v) is 12.3. The fourth-order valence-corrected chi connectivity index (χ4v) is 5.76. The SMILES string of the molecule is COC(=O)c1ccc([C@@H]2C[C@@H](OCC3CC3)CCN2Cc2c(OC)cc(C)c3c2ccn3C(=O)OC(C)(C)C)cc1. The molecular formula is C33H42N2O6. The first-order chi connectivity index (χ1) is 19.6. The first-order valence-corrected chi connectivity index (χ1v) is 14.5. The van der Waals surface area contributed by atoms with Gasteiger partial charge in [-0.1, -0.05) is 12.1 Å². The summed E-state index contributed by atoms with van der Waals surface area (Å²) in [6, 6.07) is 11.8. The Balaban J connectivity index is 1.48. The standard InChI is InChI=1S/C33H42N2O6/c1-21-17-29(38-5)27(26-14-16-35(30(21)26)32(37)41-33(2,3)4)19-34-15-13-25(40-20-22-7-8-22)18-28(34)23-9-11-24(12-10-23)31(36)39-6/h9-12,14,16-17,22,25,28H,7-8,13,15,18-20H2,1-6H3/t25-,28-/m0/s1. The zero-order chi connectivity index (χ0) is 29.3. The minimum absolute atomic E-state index is 0.0913. The molecule has 0 radical (unpaired) electrons. The molecule has 1 aliphatic carbocycles. The molecule has 3 aromatic rings. The Morgan fingerprint density at radius 2 is 1.76 bits per heavy atom.